The maximum atomic E-state index is 3.76. The van der Waals surface area contributed by atoms with Gasteiger partial charge >= 0.3 is 0 Å². The first-order chi connectivity index (χ1) is 9.83. The van der Waals surface area contributed by atoms with E-state index in [1.54, 1.807) is 0 Å². The number of benzene rings is 2. The van der Waals surface area contributed by atoms with Crippen LogP contribution in [0.4, 0.5) is 5.69 Å². The van der Waals surface area contributed by atoms with Gasteiger partial charge in [-0.25, -0.2) is 0 Å². The molecule has 0 saturated carbocycles. The van der Waals surface area contributed by atoms with Crippen molar-refractivity contribution in [3.8, 4) is 0 Å². The third-order valence-electron chi connectivity index (χ3n) is 4.31. The van der Waals surface area contributed by atoms with Crippen molar-refractivity contribution in [2.24, 2.45) is 0 Å². The van der Waals surface area contributed by atoms with E-state index in [0.717, 1.165) is 12.8 Å². The molecule has 2 unspecified atom stereocenters. The van der Waals surface area contributed by atoms with Crippen molar-refractivity contribution in [2.75, 3.05) is 12.4 Å². The second-order valence-corrected chi connectivity index (χ2v) is 5.46. The van der Waals surface area contributed by atoms with Gasteiger partial charge in [-0.1, -0.05) is 49.4 Å². The van der Waals surface area contributed by atoms with Gasteiger partial charge in [0.05, 0.1) is 6.04 Å². The molecule has 0 bridgehead atoms. The number of para-hydroxylation sites is 1. The number of fused-ring (bicyclic) bond motifs is 2. The third-order valence-corrected chi connectivity index (χ3v) is 4.31. The Balaban J connectivity index is 2.10. The van der Waals surface area contributed by atoms with Crippen molar-refractivity contribution in [1.29, 1.82) is 0 Å². The largest absolute Gasteiger partial charge is 0.376 e. The zero-order chi connectivity index (χ0) is 13.9. The quantitative estimate of drug-likeness (QED) is 0.884. The van der Waals surface area contributed by atoms with Gasteiger partial charge in [-0.2, -0.15) is 0 Å². The average molecular weight is 266 g/mol. The van der Waals surface area contributed by atoms with Crippen LogP contribution in [0, 0.1) is 0 Å². The minimum atomic E-state index is 0.324. The summed E-state index contributed by atoms with van der Waals surface area (Å²) in [6.07, 6.45) is 2.11. The van der Waals surface area contributed by atoms with Crippen molar-refractivity contribution >= 4 is 5.69 Å². The zero-order valence-corrected chi connectivity index (χ0v) is 12.2. The van der Waals surface area contributed by atoms with Gasteiger partial charge < -0.3 is 10.6 Å². The minimum Gasteiger partial charge on any atom is -0.376 e. The summed E-state index contributed by atoms with van der Waals surface area (Å²) in [6, 6.07) is 18.2. The van der Waals surface area contributed by atoms with Crippen LogP contribution in [0.5, 0.6) is 0 Å². The van der Waals surface area contributed by atoms with E-state index in [-0.39, 0.29) is 0 Å². The Bertz CT molecular complexity index is 587. The van der Waals surface area contributed by atoms with E-state index in [1.807, 2.05) is 0 Å². The van der Waals surface area contributed by atoms with Gasteiger partial charge in [0.25, 0.3) is 0 Å². The molecule has 0 aromatic heterocycles. The molecule has 1 heterocycles. The van der Waals surface area contributed by atoms with E-state index in [0.29, 0.717) is 12.1 Å². The molecule has 0 fully saturated rings. The smallest absolute Gasteiger partial charge is 0.0669 e. The third kappa shape index (κ3) is 2.32. The summed E-state index contributed by atoms with van der Waals surface area (Å²) >= 11 is 0. The number of anilines is 1. The minimum absolute atomic E-state index is 0.324. The molecule has 3 rings (SSSR count). The summed E-state index contributed by atoms with van der Waals surface area (Å²) in [5, 5.41) is 7.21. The van der Waals surface area contributed by atoms with Crippen molar-refractivity contribution in [1.82, 2.24) is 5.32 Å². The molecule has 2 atom stereocenters. The lowest BCUT2D eigenvalue weighted by Crippen LogP contribution is -2.35. The van der Waals surface area contributed by atoms with Gasteiger partial charge in [0.2, 0.25) is 0 Å². The highest BCUT2D eigenvalue weighted by atomic mass is 15.0. The number of nitrogens with one attached hydrogen (secondary N) is 2. The maximum absolute atomic E-state index is 3.76. The second-order valence-electron chi connectivity index (χ2n) is 5.46. The molecule has 104 valence electrons. The second kappa shape index (κ2) is 5.68. The Morgan fingerprint density at radius 1 is 1.10 bits per heavy atom. The number of hydrogen-bond donors (Lipinski definition) is 2. The van der Waals surface area contributed by atoms with Gasteiger partial charge in [-0.3, -0.25) is 0 Å². The van der Waals surface area contributed by atoms with E-state index >= 15 is 0 Å². The van der Waals surface area contributed by atoms with Crippen LogP contribution >= 0.6 is 0 Å². The lowest BCUT2D eigenvalue weighted by atomic mass is 9.92. The van der Waals surface area contributed by atoms with Crippen LogP contribution in [-0.4, -0.2) is 13.1 Å². The van der Waals surface area contributed by atoms with Crippen molar-refractivity contribution in [3.05, 3.63) is 65.2 Å². The van der Waals surface area contributed by atoms with Gasteiger partial charge in [0.1, 0.15) is 0 Å². The van der Waals surface area contributed by atoms with Crippen molar-refractivity contribution in [2.45, 2.75) is 31.8 Å². The molecular weight excluding hydrogens is 244 g/mol. The summed E-state index contributed by atoms with van der Waals surface area (Å²) in [7, 11) is 2.05. The topological polar surface area (TPSA) is 24.1 Å². The molecular formula is C18H22N2. The van der Waals surface area contributed by atoms with Crippen LogP contribution < -0.4 is 10.6 Å². The monoisotopic (exact) mass is 266 g/mol. The Morgan fingerprint density at radius 2 is 1.80 bits per heavy atom. The molecule has 2 N–H and O–H groups in total. The Hall–Kier alpha value is -1.80. The average Bonchev–Trinajstić information content (AvgIpc) is 2.65. The van der Waals surface area contributed by atoms with Crippen LogP contribution in [0.25, 0.3) is 0 Å². The first-order valence-electron chi connectivity index (χ1n) is 7.43. The Labute approximate surface area is 121 Å². The predicted octanol–water partition coefficient (Wildman–Crippen LogP) is 3.74. The summed E-state index contributed by atoms with van der Waals surface area (Å²) in [5.41, 5.74) is 5.50. The van der Waals surface area contributed by atoms with Gasteiger partial charge in [-0.15, -0.1) is 0 Å². The molecule has 1 aliphatic heterocycles. The standard InChI is InChI=1S/C18H22N2/c1-3-16(19-2)18-15-10-6-4-8-13(15)12-14-9-5-7-11-17(14)20-18/h4-11,16,18-20H,3,12H2,1-2H3. The Morgan fingerprint density at radius 3 is 2.55 bits per heavy atom. The van der Waals surface area contributed by atoms with Crippen molar-refractivity contribution < 1.29 is 0 Å². The van der Waals surface area contributed by atoms with Crippen molar-refractivity contribution in [3.63, 3.8) is 0 Å². The van der Waals surface area contributed by atoms with Crippen LogP contribution in [0.2, 0.25) is 0 Å². The molecule has 2 aromatic rings. The van der Waals surface area contributed by atoms with Crippen LogP contribution in [0.15, 0.2) is 48.5 Å². The lowest BCUT2D eigenvalue weighted by Gasteiger charge is -2.28. The zero-order valence-electron chi connectivity index (χ0n) is 12.2. The highest BCUT2D eigenvalue weighted by molar-refractivity contribution is 5.58. The maximum Gasteiger partial charge on any atom is 0.0669 e. The van der Waals surface area contributed by atoms with Crippen LogP contribution in [0.3, 0.4) is 0 Å². The fraction of sp³-hybridized carbons (Fsp3) is 0.333. The number of likely N-dealkylation sites (N-methyl/N-ethyl adjacent to an activating group) is 1. The molecule has 0 saturated heterocycles. The predicted molar refractivity (Wildman–Crippen MR) is 85.2 cm³/mol. The highest BCUT2D eigenvalue weighted by Gasteiger charge is 2.26. The molecule has 0 aliphatic carbocycles. The fourth-order valence-corrected chi connectivity index (χ4v) is 3.19. The van der Waals surface area contributed by atoms with E-state index in [4.69, 9.17) is 0 Å². The SMILES string of the molecule is CCC(NC)C1Nc2ccccc2Cc2ccccc21. The molecule has 2 nitrogen and oxygen atoms in total. The van der Waals surface area contributed by atoms with E-state index in [2.05, 4.69) is 73.1 Å². The molecule has 0 spiro atoms. The van der Waals surface area contributed by atoms with Crippen LogP contribution in [0.1, 0.15) is 36.1 Å². The van der Waals surface area contributed by atoms with Gasteiger partial charge in [0, 0.05) is 11.7 Å². The first kappa shape index (κ1) is 13.2. The summed E-state index contributed by atoms with van der Waals surface area (Å²) in [6.45, 7) is 2.24. The van der Waals surface area contributed by atoms with E-state index in [1.165, 1.54) is 22.4 Å². The summed E-state index contributed by atoms with van der Waals surface area (Å²) in [4.78, 5) is 0. The summed E-state index contributed by atoms with van der Waals surface area (Å²) < 4.78 is 0. The first-order valence-corrected chi connectivity index (χ1v) is 7.43. The molecule has 20 heavy (non-hydrogen) atoms. The molecule has 0 radical (unpaired) electrons. The van der Waals surface area contributed by atoms with E-state index in [9.17, 15) is 0 Å². The molecule has 2 aromatic carbocycles. The fourth-order valence-electron chi connectivity index (χ4n) is 3.19. The Kier molecular flexibility index (Phi) is 3.75. The molecule has 1 aliphatic rings. The van der Waals surface area contributed by atoms with E-state index < -0.39 is 0 Å². The van der Waals surface area contributed by atoms with Crippen LogP contribution in [-0.2, 0) is 6.42 Å². The molecule has 2 heteroatoms. The number of rotatable bonds is 3. The van der Waals surface area contributed by atoms with Gasteiger partial charge in [-0.05, 0) is 42.6 Å². The summed E-state index contributed by atoms with van der Waals surface area (Å²) in [5.74, 6) is 0. The normalized spacial score (nSPS) is 18.4. The molecule has 0 amide bonds. The lowest BCUT2D eigenvalue weighted by molar-refractivity contribution is 0.480. The number of hydrogen-bond acceptors (Lipinski definition) is 2. The van der Waals surface area contributed by atoms with Gasteiger partial charge in [0.15, 0.2) is 0 Å². The highest BCUT2D eigenvalue weighted by Crippen LogP contribution is 2.34.